The Hall–Kier alpha value is -2.05. The summed E-state index contributed by atoms with van der Waals surface area (Å²) in [7, 11) is 0. The van der Waals surface area contributed by atoms with Crippen LogP contribution in [0.15, 0.2) is 28.7 Å². The number of aliphatic hydroxyl groups is 1. The van der Waals surface area contributed by atoms with Crippen molar-refractivity contribution < 1.29 is 14.3 Å². The lowest BCUT2D eigenvalue weighted by Gasteiger charge is -2.30. The van der Waals surface area contributed by atoms with E-state index >= 15 is 0 Å². The standard InChI is InChI=1S/C19H27N3O3/c1-11(2)16(17-12(3)13-7-4-5-9-15(13)25-17)22-19(24)21-14-8-6-10-20-18(14)23/h4-5,7,9,11,14,16,18,20,23H,6,8,10H2,1-3H3,(H2,21,22,24)/t14?,16-,18?/m0/s1. The first kappa shape index (κ1) is 17.8. The van der Waals surface area contributed by atoms with Gasteiger partial charge in [-0.3, -0.25) is 5.32 Å². The zero-order chi connectivity index (χ0) is 18.0. The molecule has 25 heavy (non-hydrogen) atoms. The minimum atomic E-state index is -0.704. The number of carbonyl (C=O) groups is 1. The summed E-state index contributed by atoms with van der Waals surface area (Å²) in [5.41, 5.74) is 1.88. The Morgan fingerprint density at radius 3 is 2.80 bits per heavy atom. The van der Waals surface area contributed by atoms with E-state index in [1.807, 2.05) is 31.2 Å². The molecule has 2 aromatic rings. The van der Waals surface area contributed by atoms with Gasteiger partial charge >= 0.3 is 6.03 Å². The molecule has 1 aliphatic heterocycles. The smallest absolute Gasteiger partial charge is 0.315 e. The van der Waals surface area contributed by atoms with Crippen LogP contribution in [-0.2, 0) is 0 Å². The third-order valence-electron chi connectivity index (χ3n) is 4.86. The minimum Gasteiger partial charge on any atom is -0.459 e. The Labute approximate surface area is 148 Å². The number of carbonyl (C=O) groups excluding carboxylic acids is 1. The molecule has 2 amide bonds. The topological polar surface area (TPSA) is 86.5 Å². The number of hydrogen-bond donors (Lipinski definition) is 4. The first-order valence-corrected chi connectivity index (χ1v) is 8.94. The molecule has 1 fully saturated rings. The molecule has 0 aliphatic carbocycles. The minimum absolute atomic E-state index is 0.166. The van der Waals surface area contributed by atoms with Crippen molar-refractivity contribution in [1.29, 1.82) is 0 Å². The van der Waals surface area contributed by atoms with Crippen molar-refractivity contribution in [3.05, 3.63) is 35.6 Å². The fraction of sp³-hybridized carbons (Fsp3) is 0.526. The summed E-state index contributed by atoms with van der Waals surface area (Å²) in [5.74, 6) is 0.952. The number of amides is 2. The van der Waals surface area contributed by atoms with Crippen molar-refractivity contribution in [3.8, 4) is 0 Å². The quantitative estimate of drug-likeness (QED) is 0.686. The number of piperidine rings is 1. The van der Waals surface area contributed by atoms with Gasteiger partial charge in [-0.05, 0) is 38.3 Å². The number of para-hydroxylation sites is 1. The largest absolute Gasteiger partial charge is 0.459 e. The highest BCUT2D eigenvalue weighted by Gasteiger charge is 2.28. The number of aryl methyl sites for hydroxylation is 1. The van der Waals surface area contributed by atoms with Gasteiger partial charge in [0.05, 0.1) is 12.1 Å². The van der Waals surface area contributed by atoms with Crippen molar-refractivity contribution in [2.24, 2.45) is 5.92 Å². The first-order valence-electron chi connectivity index (χ1n) is 8.94. The van der Waals surface area contributed by atoms with E-state index in [2.05, 4.69) is 29.8 Å². The summed E-state index contributed by atoms with van der Waals surface area (Å²) < 4.78 is 6.03. The molecule has 3 atom stereocenters. The maximum absolute atomic E-state index is 12.5. The molecule has 0 spiro atoms. The zero-order valence-corrected chi connectivity index (χ0v) is 15.0. The van der Waals surface area contributed by atoms with Gasteiger partial charge in [0.1, 0.15) is 17.6 Å². The van der Waals surface area contributed by atoms with E-state index in [1.54, 1.807) is 0 Å². The third-order valence-corrected chi connectivity index (χ3v) is 4.86. The number of rotatable bonds is 4. The van der Waals surface area contributed by atoms with Gasteiger partial charge in [-0.15, -0.1) is 0 Å². The monoisotopic (exact) mass is 345 g/mol. The van der Waals surface area contributed by atoms with E-state index in [0.717, 1.165) is 41.7 Å². The number of urea groups is 1. The van der Waals surface area contributed by atoms with Crippen LogP contribution in [0.2, 0.25) is 0 Å². The highest BCUT2D eigenvalue weighted by atomic mass is 16.3. The van der Waals surface area contributed by atoms with Crippen LogP contribution in [0.1, 0.15) is 44.1 Å². The second-order valence-corrected chi connectivity index (χ2v) is 7.07. The van der Waals surface area contributed by atoms with Crippen LogP contribution >= 0.6 is 0 Å². The van der Waals surface area contributed by atoms with Gasteiger partial charge in [-0.1, -0.05) is 32.0 Å². The highest BCUT2D eigenvalue weighted by Crippen LogP contribution is 2.32. The molecule has 136 valence electrons. The zero-order valence-electron chi connectivity index (χ0n) is 15.0. The van der Waals surface area contributed by atoms with E-state index in [0.29, 0.717) is 0 Å². The van der Waals surface area contributed by atoms with E-state index in [4.69, 9.17) is 4.42 Å². The number of furan rings is 1. The van der Waals surface area contributed by atoms with Crippen molar-refractivity contribution in [2.75, 3.05) is 6.54 Å². The molecule has 1 aliphatic rings. The van der Waals surface area contributed by atoms with Crippen molar-refractivity contribution >= 4 is 17.0 Å². The van der Waals surface area contributed by atoms with Crippen LogP contribution in [0.25, 0.3) is 11.0 Å². The van der Waals surface area contributed by atoms with Crippen LogP contribution in [0.4, 0.5) is 4.79 Å². The maximum atomic E-state index is 12.5. The van der Waals surface area contributed by atoms with Gasteiger partial charge in [-0.2, -0.15) is 0 Å². The lowest BCUT2D eigenvalue weighted by Crippen LogP contribution is -2.55. The summed E-state index contributed by atoms with van der Waals surface area (Å²) >= 11 is 0. The Morgan fingerprint density at radius 2 is 2.12 bits per heavy atom. The van der Waals surface area contributed by atoms with Crippen LogP contribution in [-0.4, -0.2) is 30.0 Å². The number of nitrogens with one attached hydrogen (secondary N) is 3. The molecule has 1 aromatic carbocycles. The second kappa shape index (κ2) is 7.45. The van der Waals surface area contributed by atoms with Crippen molar-refractivity contribution in [2.45, 2.75) is 51.9 Å². The predicted octanol–water partition coefficient (Wildman–Crippen LogP) is 2.81. The molecule has 1 saturated heterocycles. The first-order chi connectivity index (χ1) is 12.0. The average molecular weight is 345 g/mol. The molecular weight excluding hydrogens is 318 g/mol. The second-order valence-electron chi connectivity index (χ2n) is 7.07. The van der Waals surface area contributed by atoms with Gasteiger partial charge in [0, 0.05) is 10.9 Å². The molecule has 3 rings (SSSR count). The van der Waals surface area contributed by atoms with Gasteiger partial charge in [0.15, 0.2) is 0 Å². The SMILES string of the molecule is Cc1c([C@@H](NC(=O)NC2CCCNC2O)C(C)C)oc2ccccc12. The van der Waals surface area contributed by atoms with Crippen LogP contribution in [0, 0.1) is 12.8 Å². The molecule has 6 nitrogen and oxygen atoms in total. The molecule has 2 unspecified atom stereocenters. The summed E-state index contributed by atoms with van der Waals surface area (Å²) in [4.78, 5) is 12.5. The number of fused-ring (bicyclic) bond motifs is 1. The number of hydrogen-bond acceptors (Lipinski definition) is 4. The average Bonchev–Trinajstić information content (AvgIpc) is 2.91. The van der Waals surface area contributed by atoms with Crippen LogP contribution in [0.3, 0.4) is 0 Å². The molecule has 6 heteroatoms. The van der Waals surface area contributed by atoms with E-state index in [9.17, 15) is 9.90 Å². The van der Waals surface area contributed by atoms with E-state index in [-0.39, 0.29) is 24.0 Å². The van der Waals surface area contributed by atoms with E-state index < -0.39 is 6.23 Å². The molecule has 1 aromatic heterocycles. The van der Waals surface area contributed by atoms with Gasteiger partial charge in [-0.25, -0.2) is 4.79 Å². The van der Waals surface area contributed by atoms with Gasteiger partial charge in [0.25, 0.3) is 0 Å². The Kier molecular flexibility index (Phi) is 5.30. The van der Waals surface area contributed by atoms with Gasteiger partial charge < -0.3 is 20.2 Å². The summed E-state index contributed by atoms with van der Waals surface area (Å²) in [6.45, 7) is 6.89. The summed E-state index contributed by atoms with van der Waals surface area (Å²) in [6, 6.07) is 7.09. The molecule has 4 N–H and O–H groups in total. The molecule has 2 heterocycles. The maximum Gasteiger partial charge on any atom is 0.315 e. The molecule has 0 saturated carbocycles. The van der Waals surface area contributed by atoms with Gasteiger partial charge in [0.2, 0.25) is 0 Å². The lowest BCUT2D eigenvalue weighted by molar-refractivity contribution is 0.0738. The Bertz CT molecular complexity index is 741. The summed E-state index contributed by atoms with van der Waals surface area (Å²) in [6.07, 6.45) is 0.987. The highest BCUT2D eigenvalue weighted by molar-refractivity contribution is 5.82. The summed E-state index contributed by atoms with van der Waals surface area (Å²) in [5, 5.41) is 19.9. The molecular formula is C19H27N3O3. The Balaban J connectivity index is 1.76. The number of benzene rings is 1. The van der Waals surface area contributed by atoms with E-state index in [1.165, 1.54) is 0 Å². The molecule has 0 radical (unpaired) electrons. The lowest BCUT2D eigenvalue weighted by atomic mass is 9.98. The fourth-order valence-electron chi connectivity index (χ4n) is 3.40. The molecule has 0 bridgehead atoms. The predicted molar refractivity (Wildman–Crippen MR) is 97.2 cm³/mol. The van der Waals surface area contributed by atoms with Crippen LogP contribution < -0.4 is 16.0 Å². The van der Waals surface area contributed by atoms with Crippen LogP contribution in [0.5, 0.6) is 0 Å². The number of aliphatic hydroxyl groups excluding tert-OH is 1. The normalized spacial score (nSPS) is 22.1. The van der Waals surface area contributed by atoms with Crippen molar-refractivity contribution in [3.63, 3.8) is 0 Å². The fourth-order valence-corrected chi connectivity index (χ4v) is 3.40. The third kappa shape index (κ3) is 3.80. The van der Waals surface area contributed by atoms with Crippen molar-refractivity contribution in [1.82, 2.24) is 16.0 Å². The Morgan fingerprint density at radius 1 is 1.36 bits per heavy atom.